The smallest absolute Gasteiger partial charge is 0.316 e. The molecule has 2 aromatic rings. The third-order valence-corrected chi connectivity index (χ3v) is 4.76. The molecule has 0 radical (unpaired) electrons. The second-order valence-electron chi connectivity index (χ2n) is 4.84. The summed E-state index contributed by atoms with van der Waals surface area (Å²) in [5.41, 5.74) is 1.17. The van der Waals surface area contributed by atoms with Crippen LogP contribution in [0, 0.1) is 0 Å². The van der Waals surface area contributed by atoms with Crippen molar-refractivity contribution < 1.29 is 14.7 Å². The van der Waals surface area contributed by atoms with Gasteiger partial charge in [0.15, 0.2) is 0 Å². The van der Waals surface area contributed by atoms with Crippen LogP contribution in [0.15, 0.2) is 53.4 Å². The highest BCUT2D eigenvalue weighted by Gasteiger charge is 2.16. The maximum absolute atomic E-state index is 12.1. The van der Waals surface area contributed by atoms with Crippen molar-refractivity contribution in [3.63, 3.8) is 0 Å². The summed E-state index contributed by atoms with van der Waals surface area (Å²) in [6.07, 6.45) is 0.551. The normalized spacial score (nSPS) is 11.7. The molecule has 6 heteroatoms. The minimum Gasteiger partial charge on any atom is -0.480 e. The Kier molecular flexibility index (Phi) is 6.07. The van der Waals surface area contributed by atoms with Gasteiger partial charge in [0.05, 0.1) is 0 Å². The number of hydrogen-bond acceptors (Lipinski definition) is 3. The van der Waals surface area contributed by atoms with Gasteiger partial charge in [0.1, 0.15) is 5.25 Å². The Bertz CT molecular complexity index is 686. The molecule has 4 nitrogen and oxygen atoms in total. The fourth-order valence-corrected chi connectivity index (χ4v) is 2.91. The van der Waals surface area contributed by atoms with Crippen LogP contribution in [0.3, 0.4) is 0 Å². The first-order chi connectivity index (χ1) is 11.0. The number of halogens is 1. The molecule has 0 saturated carbocycles. The zero-order valence-corrected chi connectivity index (χ0v) is 14.0. The number of carbonyl (C=O) groups is 2. The van der Waals surface area contributed by atoms with Crippen molar-refractivity contribution in [1.29, 1.82) is 0 Å². The zero-order chi connectivity index (χ0) is 16.8. The Hall–Kier alpha value is -1.98. The van der Waals surface area contributed by atoms with Crippen LogP contribution in [-0.2, 0) is 4.79 Å². The van der Waals surface area contributed by atoms with Gasteiger partial charge in [0.2, 0.25) is 0 Å². The Labute approximate surface area is 143 Å². The number of nitrogens with one attached hydrogen (secondary N) is 1. The highest BCUT2D eigenvalue weighted by Crippen LogP contribution is 2.27. The minimum absolute atomic E-state index is 0.223. The number of aliphatic carboxylic acids is 1. The van der Waals surface area contributed by atoms with Gasteiger partial charge in [-0.3, -0.25) is 9.59 Å². The van der Waals surface area contributed by atoms with Gasteiger partial charge in [-0.1, -0.05) is 18.5 Å². The van der Waals surface area contributed by atoms with E-state index < -0.39 is 11.2 Å². The highest BCUT2D eigenvalue weighted by molar-refractivity contribution is 8.00. The molecule has 23 heavy (non-hydrogen) atoms. The zero-order valence-electron chi connectivity index (χ0n) is 12.5. The predicted molar refractivity (Wildman–Crippen MR) is 93.4 cm³/mol. The molecular formula is C17H16ClNO3S. The first-order valence-corrected chi connectivity index (χ1v) is 8.32. The standard InChI is InChI=1S/C17H16ClNO3S/c1-2-15(17(21)22)23-14-9-7-13(8-10-14)19-16(20)11-3-5-12(18)6-4-11/h3-10,15H,2H2,1H3,(H,19,20)(H,21,22). The van der Waals surface area contributed by atoms with Crippen LogP contribution in [0.2, 0.25) is 5.02 Å². The number of anilines is 1. The van der Waals surface area contributed by atoms with E-state index in [9.17, 15) is 9.59 Å². The number of carboxylic acids is 1. The van der Waals surface area contributed by atoms with Crippen LogP contribution in [0.4, 0.5) is 5.69 Å². The number of carboxylic acid groups (broad SMARTS) is 1. The van der Waals surface area contributed by atoms with Crippen molar-refractivity contribution in [3.8, 4) is 0 Å². The summed E-state index contributed by atoms with van der Waals surface area (Å²) in [7, 11) is 0. The summed E-state index contributed by atoms with van der Waals surface area (Å²) < 4.78 is 0. The van der Waals surface area contributed by atoms with Gasteiger partial charge in [-0.05, 0) is 55.0 Å². The second-order valence-corrected chi connectivity index (χ2v) is 6.55. The van der Waals surface area contributed by atoms with E-state index in [0.717, 1.165) is 4.90 Å². The third-order valence-electron chi connectivity index (χ3n) is 3.14. The van der Waals surface area contributed by atoms with Gasteiger partial charge >= 0.3 is 5.97 Å². The van der Waals surface area contributed by atoms with E-state index in [1.54, 1.807) is 48.5 Å². The van der Waals surface area contributed by atoms with Gasteiger partial charge in [-0.2, -0.15) is 0 Å². The van der Waals surface area contributed by atoms with Gasteiger partial charge in [-0.15, -0.1) is 11.8 Å². The average Bonchev–Trinajstić information content (AvgIpc) is 2.54. The molecule has 0 bridgehead atoms. The molecule has 0 aromatic heterocycles. The van der Waals surface area contributed by atoms with Crippen molar-refractivity contribution in [3.05, 3.63) is 59.1 Å². The lowest BCUT2D eigenvalue weighted by Crippen LogP contribution is -2.14. The van der Waals surface area contributed by atoms with E-state index >= 15 is 0 Å². The van der Waals surface area contributed by atoms with E-state index in [1.165, 1.54) is 11.8 Å². The van der Waals surface area contributed by atoms with Gasteiger partial charge < -0.3 is 10.4 Å². The molecule has 0 aliphatic heterocycles. The summed E-state index contributed by atoms with van der Waals surface area (Å²) in [6.45, 7) is 1.84. The number of rotatable bonds is 6. The Morgan fingerprint density at radius 2 is 1.74 bits per heavy atom. The maximum atomic E-state index is 12.1. The first-order valence-electron chi connectivity index (χ1n) is 7.06. The molecular weight excluding hydrogens is 334 g/mol. The van der Waals surface area contributed by atoms with Crippen molar-refractivity contribution in [2.24, 2.45) is 0 Å². The number of amides is 1. The molecule has 1 unspecified atom stereocenters. The molecule has 2 rings (SSSR count). The molecule has 2 aromatic carbocycles. The van der Waals surface area contributed by atoms with Crippen LogP contribution in [0.5, 0.6) is 0 Å². The van der Waals surface area contributed by atoms with Crippen LogP contribution < -0.4 is 5.32 Å². The third kappa shape index (κ3) is 5.01. The van der Waals surface area contributed by atoms with Crippen molar-refractivity contribution in [1.82, 2.24) is 0 Å². The summed E-state index contributed by atoms with van der Waals surface area (Å²) in [5, 5.41) is 12.0. The molecule has 120 valence electrons. The summed E-state index contributed by atoms with van der Waals surface area (Å²) in [4.78, 5) is 24.0. The largest absolute Gasteiger partial charge is 0.480 e. The lowest BCUT2D eigenvalue weighted by atomic mass is 10.2. The number of carbonyl (C=O) groups excluding carboxylic acids is 1. The van der Waals surface area contributed by atoms with Crippen molar-refractivity contribution >= 4 is 40.9 Å². The molecule has 1 amide bonds. The van der Waals surface area contributed by atoms with Crippen LogP contribution in [-0.4, -0.2) is 22.2 Å². The van der Waals surface area contributed by atoms with E-state index in [2.05, 4.69) is 5.32 Å². The quantitative estimate of drug-likeness (QED) is 0.751. The number of hydrogen-bond donors (Lipinski definition) is 2. The summed E-state index contributed by atoms with van der Waals surface area (Å²) in [5.74, 6) is -1.04. The summed E-state index contributed by atoms with van der Waals surface area (Å²) in [6, 6.07) is 13.7. The van der Waals surface area contributed by atoms with Crippen molar-refractivity contribution in [2.45, 2.75) is 23.5 Å². The van der Waals surface area contributed by atoms with E-state index in [-0.39, 0.29) is 5.91 Å². The number of thioether (sulfide) groups is 1. The van der Waals surface area contributed by atoms with Gasteiger partial charge in [-0.25, -0.2) is 0 Å². The van der Waals surface area contributed by atoms with E-state index in [0.29, 0.717) is 22.7 Å². The highest BCUT2D eigenvalue weighted by atomic mass is 35.5. The Morgan fingerprint density at radius 3 is 2.26 bits per heavy atom. The number of benzene rings is 2. The maximum Gasteiger partial charge on any atom is 0.316 e. The Balaban J connectivity index is 2.00. The monoisotopic (exact) mass is 349 g/mol. The molecule has 0 heterocycles. The molecule has 0 aliphatic rings. The molecule has 0 aliphatic carbocycles. The lowest BCUT2D eigenvalue weighted by molar-refractivity contribution is -0.136. The molecule has 0 spiro atoms. The minimum atomic E-state index is -0.822. The fraction of sp³-hybridized carbons (Fsp3) is 0.176. The fourth-order valence-electron chi connectivity index (χ4n) is 1.89. The Morgan fingerprint density at radius 1 is 1.13 bits per heavy atom. The van der Waals surface area contributed by atoms with Crippen LogP contribution in [0.25, 0.3) is 0 Å². The van der Waals surface area contributed by atoms with Gasteiger partial charge in [0.25, 0.3) is 5.91 Å². The average molecular weight is 350 g/mol. The van der Waals surface area contributed by atoms with Crippen LogP contribution >= 0.6 is 23.4 Å². The molecule has 0 fully saturated rings. The predicted octanol–water partition coefficient (Wildman–Crippen LogP) is 4.55. The van der Waals surface area contributed by atoms with E-state index in [4.69, 9.17) is 16.7 Å². The van der Waals surface area contributed by atoms with Gasteiger partial charge in [0, 0.05) is 21.2 Å². The topological polar surface area (TPSA) is 66.4 Å². The second kappa shape index (κ2) is 8.04. The molecule has 1 atom stereocenters. The van der Waals surface area contributed by atoms with E-state index in [1.807, 2.05) is 6.92 Å². The SMILES string of the molecule is CCC(Sc1ccc(NC(=O)c2ccc(Cl)cc2)cc1)C(=O)O. The van der Waals surface area contributed by atoms with Crippen molar-refractivity contribution in [2.75, 3.05) is 5.32 Å². The van der Waals surface area contributed by atoms with Crippen LogP contribution in [0.1, 0.15) is 23.7 Å². The molecule has 2 N–H and O–H groups in total. The summed E-state index contributed by atoms with van der Waals surface area (Å²) >= 11 is 7.09. The first kappa shape index (κ1) is 17.4. The lowest BCUT2D eigenvalue weighted by Gasteiger charge is -2.10. The molecule has 0 saturated heterocycles.